The van der Waals surface area contributed by atoms with E-state index in [9.17, 15) is 118 Å². The number of carboxylic acid groups (broad SMARTS) is 9. The van der Waals surface area contributed by atoms with Crippen LogP contribution in [0.15, 0.2) is 24.3 Å². The van der Waals surface area contributed by atoms with E-state index >= 15 is 4.11 Å². The quantitative estimate of drug-likeness (QED) is 0.0197. The molecule has 1 aromatic carbocycles. The largest absolute Gasteiger partial charge is 0.481 e. The molecular weight excluding hydrogens is 1370 g/mol. The summed E-state index contributed by atoms with van der Waals surface area (Å²) >= 11 is 0. The number of rotatable bonds is 43. The van der Waals surface area contributed by atoms with Gasteiger partial charge >= 0.3 is 59.8 Å². The van der Waals surface area contributed by atoms with E-state index in [1.165, 1.54) is 43.9 Å². The highest BCUT2D eigenvalue weighted by Gasteiger charge is 2.56. The van der Waals surface area contributed by atoms with Gasteiger partial charge < -0.3 is 92.6 Å². The number of carbonyl (C=O) groups excluding carboxylic acids is 7. The molecule has 2 rings (SSSR count). The minimum atomic E-state index is -3.77. The third-order valence-electron chi connectivity index (χ3n) is 16.6. The number of unbranched alkanes of at least 4 members (excludes halogenated alkanes) is 1. The zero-order valence-electron chi connectivity index (χ0n) is 58.1. The molecule has 0 saturated carbocycles. The van der Waals surface area contributed by atoms with Crippen LogP contribution in [0.2, 0.25) is 10.1 Å². The summed E-state index contributed by atoms with van der Waals surface area (Å²) < 4.78 is 17.1. The Hall–Kier alpha value is -9.47. The molecular formula is C63H99FN12O25Si. The minimum Gasteiger partial charge on any atom is -0.481 e. The number of carbonyl (C=O) groups is 16. The number of nitrogens with one attached hydrogen (secondary N) is 8. The highest BCUT2D eigenvalue weighted by atomic mass is 28.4. The number of benzene rings is 1. The highest BCUT2D eigenvalue weighted by Crippen LogP contribution is 2.51. The first-order valence-corrected chi connectivity index (χ1v) is 34.9. The molecule has 0 radical (unpaired) electrons. The average Bonchev–Trinajstić information content (AvgIpc) is 0.748. The minimum absolute atomic E-state index is 0.00207. The monoisotopic (exact) mass is 1470 g/mol. The van der Waals surface area contributed by atoms with Crippen molar-refractivity contribution in [1.82, 2.24) is 62.1 Å². The van der Waals surface area contributed by atoms with Crippen molar-refractivity contribution in [2.75, 3.05) is 91.6 Å². The second-order valence-corrected chi connectivity index (χ2v) is 31.5. The van der Waals surface area contributed by atoms with Gasteiger partial charge in [0, 0.05) is 110 Å². The SMILES string of the molecule is CC(C)(C)[Si](F)(c1ccc(C(=O)NC[C@H](NC(=O)CC[C@H](C(=O)O)N2CCN(CC(=O)O)CCN(CC(=O)O)CCN(CC(=O)O)CC2)C(=O)N[C@@H](CCCCNC(=O)CCC(=O)NCCC[C@@H](NC(=O)CC[C@H](NC(=O)N[C@@H](CCC(=O)O)C(=O)O)C(=O)O)C(=O)O)C(=O)O)cc1)C(C)(C)C. The maximum Gasteiger partial charge on any atom is 0.326 e. The lowest BCUT2D eigenvalue weighted by Crippen LogP contribution is -2.58. The zero-order valence-corrected chi connectivity index (χ0v) is 59.1. The molecule has 0 aromatic heterocycles. The number of carboxylic acids is 9. The van der Waals surface area contributed by atoms with Gasteiger partial charge in [0.15, 0.2) is 0 Å². The summed E-state index contributed by atoms with van der Waals surface area (Å²) in [6.45, 7) is 8.44. The highest BCUT2D eigenvalue weighted by molar-refractivity contribution is 6.90. The van der Waals surface area contributed by atoms with E-state index < -0.39 is 215 Å². The van der Waals surface area contributed by atoms with Crippen LogP contribution in [0, 0.1) is 0 Å². The molecule has 572 valence electrons. The molecule has 1 aliphatic heterocycles. The van der Waals surface area contributed by atoms with Crippen molar-refractivity contribution in [2.24, 2.45) is 0 Å². The maximum atomic E-state index is 17.1. The second-order valence-electron chi connectivity index (χ2n) is 26.6. The molecule has 17 N–H and O–H groups in total. The van der Waals surface area contributed by atoms with Crippen molar-refractivity contribution in [1.29, 1.82) is 0 Å². The van der Waals surface area contributed by atoms with Crippen molar-refractivity contribution in [3.05, 3.63) is 29.8 Å². The van der Waals surface area contributed by atoms with Gasteiger partial charge in [-0.1, -0.05) is 53.7 Å². The lowest BCUT2D eigenvalue weighted by Gasteiger charge is -2.44. The first-order chi connectivity index (χ1) is 47.5. The Balaban J connectivity index is 2.15. The van der Waals surface area contributed by atoms with Crippen LogP contribution in [0.3, 0.4) is 0 Å². The van der Waals surface area contributed by atoms with E-state index in [1.54, 1.807) is 41.5 Å². The van der Waals surface area contributed by atoms with E-state index in [1.807, 2.05) is 10.6 Å². The van der Waals surface area contributed by atoms with Crippen LogP contribution in [-0.4, -0.2) is 297 Å². The fraction of sp³-hybridized carbons (Fsp3) is 0.651. The van der Waals surface area contributed by atoms with Crippen molar-refractivity contribution < 1.29 is 127 Å². The molecule has 0 aliphatic carbocycles. The van der Waals surface area contributed by atoms with Crippen LogP contribution < -0.4 is 47.7 Å². The van der Waals surface area contributed by atoms with Gasteiger partial charge in [0.2, 0.25) is 29.5 Å². The summed E-state index contributed by atoms with van der Waals surface area (Å²) in [4.78, 5) is 205. The van der Waals surface area contributed by atoms with Crippen molar-refractivity contribution >= 4 is 109 Å². The molecule has 37 nitrogen and oxygen atoms in total. The average molecular weight is 1470 g/mol. The molecule has 102 heavy (non-hydrogen) atoms. The van der Waals surface area contributed by atoms with Gasteiger partial charge in [0.05, 0.1) is 19.6 Å². The first kappa shape index (κ1) is 88.6. The Bertz CT molecular complexity index is 3050. The fourth-order valence-electron chi connectivity index (χ4n) is 11.4. The van der Waals surface area contributed by atoms with Crippen LogP contribution in [0.25, 0.3) is 0 Å². The van der Waals surface area contributed by atoms with Gasteiger partial charge in [-0.2, -0.15) is 0 Å². The lowest BCUT2D eigenvalue weighted by atomic mass is 10.1. The number of aliphatic carboxylic acids is 9. The summed E-state index contributed by atoms with van der Waals surface area (Å²) in [6, 6.07) is -5.18. The summed E-state index contributed by atoms with van der Waals surface area (Å²) in [6.07, 6.45) is -4.25. The molecule has 0 bridgehead atoms. The molecule has 39 heteroatoms. The maximum absolute atomic E-state index is 17.1. The molecule has 1 aliphatic rings. The lowest BCUT2D eigenvalue weighted by molar-refractivity contribution is -0.145. The molecule has 6 atom stereocenters. The summed E-state index contributed by atoms with van der Waals surface area (Å²) in [5.41, 5.74) is 0.0380. The molecule has 1 fully saturated rings. The van der Waals surface area contributed by atoms with E-state index in [4.69, 9.17) is 5.11 Å². The van der Waals surface area contributed by atoms with Gasteiger partial charge in [-0.25, -0.2) is 24.0 Å². The van der Waals surface area contributed by atoms with Crippen LogP contribution in [0.1, 0.15) is 135 Å². The smallest absolute Gasteiger partial charge is 0.326 e. The fourth-order valence-corrected chi connectivity index (χ4v) is 16.0. The number of urea groups is 1. The predicted octanol–water partition coefficient (Wildman–Crippen LogP) is -1.72. The second kappa shape index (κ2) is 43.4. The zero-order chi connectivity index (χ0) is 77.2. The normalized spacial score (nSPS) is 15.6. The third kappa shape index (κ3) is 32.9. The summed E-state index contributed by atoms with van der Waals surface area (Å²) in [5.74, 6) is -17.5. The first-order valence-electron chi connectivity index (χ1n) is 33.0. The number of halogens is 1. The molecule has 0 spiro atoms. The van der Waals surface area contributed by atoms with E-state index in [0.717, 1.165) is 0 Å². The van der Waals surface area contributed by atoms with Crippen LogP contribution in [0.5, 0.6) is 0 Å². The van der Waals surface area contributed by atoms with Crippen LogP contribution >= 0.6 is 0 Å². The van der Waals surface area contributed by atoms with Gasteiger partial charge in [-0.05, 0) is 78.8 Å². The number of hydrogen-bond acceptors (Lipinski definition) is 20. The molecule has 8 amide bonds. The predicted molar refractivity (Wildman–Crippen MR) is 359 cm³/mol. The van der Waals surface area contributed by atoms with Crippen molar-refractivity contribution in [2.45, 2.75) is 171 Å². The molecule has 1 saturated heterocycles. The van der Waals surface area contributed by atoms with Crippen molar-refractivity contribution in [3.63, 3.8) is 0 Å². The van der Waals surface area contributed by atoms with E-state index in [2.05, 4.69) is 31.9 Å². The van der Waals surface area contributed by atoms with E-state index in [-0.39, 0.29) is 116 Å². The Morgan fingerprint density at radius 1 is 0.412 bits per heavy atom. The molecule has 1 aromatic rings. The van der Waals surface area contributed by atoms with Gasteiger partial charge in [0.25, 0.3) is 14.3 Å². The Morgan fingerprint density at radius 3 is 1.21 bits per heavy atom. The Morgan fingerprint density at radius 2 is 0.794 bits per heavy atom. The summed E-state index contributed by atoms with van der Waals surface area (Å²) in [7, 11) is -3.77. The number of hydrogen-bond donors (Lipinski definition) is 17. The number of amides is 8. The number of nitrogens with zero attached hydrogens (tertiary/aromatic N) is 4. The van der Waals surface area contributed by atoms with Crippen LogP contribution in [0.4, 0.5) is 8.90 Å². The molecule has 0 unspecified atom stereocenters. The standard InChI is InChI=1S/C63H99FN12O25Si/c1-62(2,3)102(64,63(4,5)6)39-14-12-38(13-15-39)54(89)67-34-44(69-49(80)20-18-45(60(99)100)76-32-30-74(36-52(85)86)28-26-73(35-51(83)84)27-29-75(31-33-76)37-53(87)88)55(90)70-41(57(93)94)10-7-8-24-65-46(77)21-22-47(78)66-25-9-11-40(56(91)92)68-48(79)19-16-42(58(95)96)71-61(101)72-43(59(97)98)17-23-50(81)82/h12-15,40-45H,7-11,16-37H2,1-6H3,(H,65,77)(H,66,78)(H,67,89)(H,68,79)(H,69,80)(H,70,90)(H,81,82)(H,83,84)(H,85,86)(H,87,88)(H,91,92)(H,93,94)(H,95,96)(H,97,98)(H,99,100)(H2,71,72,101)/t40-,41+,42+,43+,44+,45-/m1/s1. The summed E-state index contributed by atoms with van der Waals surface area (Å²) in [5, 5.41) is 104. The van der Waals surface area contributed by atoms with Gasteiger partial charge in [-0.3, -0.25) is 72.3 Å². The van der Waals surface area contributed by atoms with E-state index in [0.29, 0.717) is 5.19 Å². The van der Waals surface area contributed by atoms with Crippen molar-refractivity contribution in [3.8, 4) is 0 Å². The van der Waals surface area contributed by atoms with Gasteiger partial charge in [-0.15, -0.1) is 0 Å². The third-order valence-corrected chi connectivity index (χ3v) is 21.9. The topological polar surface area (TPSA) is 564 Å². The Kier molecular flexibility index (Phi) is 37.7. The molecule has 1 heterocycles. The van der Waals surface area contributed by atoms with Crippen LogP contribution in [-0.2, 0) is 67.1 Å². The van der Waals surface area contributed by atoms with Gasteiger partial charge in [0.1, 0.15) is 36.3 Å². The Labute approximate surface area is 588 Å².